The van der Waals surface area contributed by atoms with E-state index in [1.807, 2.05) is 66.9 Å². The SMILES string of the molecule is CC#CC(CC(=O)O)c1ccc(OCc2ccc(S(=O)NCC/C3=C/NC/C=C\C=C/C3)cc2)cc1. The van der Waals surface area contributed by atoms with Gasteiger partial charge in [0, 0.05) is 13.1 Å². The molecule has 0 saturated carbocycles. The molecule has 0 amide bonds. The van der Waals surface area contributed by atoms with Crippen LogP contribution in [0.15, 0.2) is 89.5 Å². The van der Waals surface area contributed by atoms with E-state index < -0.39 is 17.0 Å². The molecule has 3 N–H and O–H groups in total. The molecule has 6 nitrogen and oxygen atoms in total. The molecule has 1 heterocycles. The second-order valence-electron chi connectivity index (χ2n) is 8.23. The summed E-state index contributed by atoms with van der Waals surface area (Å²) in [4.78, 5) is 11.8. The van der Waals surface area contributed by atoms with Gasteiger partial charge in [-0.3, -0.25) is 4.79 Å². The number of nitrogens with one attached hydrogen (secondary N) is 2. The quantitative estimate of drug-likeness (QED) is 0.381. The van der Waals surface area contributed by atoms with Crippen molar-refractivity contribution in [2.45, 2.75) is 43.6 Å². The van der Waals surface area contributed by atoms with Gasteiger partial charge in [0.05, 0.1) is 17.2 Å². The molecule has 2 unspecified atom stereocenters. The van der Waals surface area contributed by atoms with E-state index in [-0.39, 0.29) is 12.3 Å². The molecule has 1 aliphatic rings. The van der Waals surface area contributed by atoms with Gasteiger partial charge in [0.1, 0.15) is 23.3 Å². The van der Waals surface area contributed by atoms with Gasteiger partial charge in [-0.05, 0) is 66.9 Å². The molecule has 0 radical (unpaired) electrons. The van der Waals surface area contributed by atoms with E-state index in [1.54, 1.807) is 6.92 Å². The first kappa shape index (κ1) is 27.0. The lowest BCUT2D eigenvalue weighted by molar-refractivity contribution is -0.137. The Morgan fingerprint density at radius 1 is 1.14 bits per heavy atom. The summed E-state index contributed by atoms with van der Waals surface area (Å²) >= 11 is 0. The summed E-state index contributed by atoms with van der Waals surface area (Å²) in [7, 11) is -1.28. The molecule has 0 spiro atoms. The fraction of sp³-hybridized carbons (Fsp3) is 0.276. The fourth-order valence-electron chi connectivity index (χ4n) is 3.61. The van der Waals surface area contributed by atoms with E-state index in [4.69, 9.17) is 9.84 Å². The summed E-state index contributed by atoms with van der Waals surface area (Å²) in [6, 6.07) is 14.9. The normalized spacial score (nSPS) is 17.9. The van der Waals surface area contributed by atoms with Crippen LogP contribution < -0.4 is 14.8 Å². The summed E-state index contributed by atoms with van der Waals surface area (Å²) in [5.74, 6) is 5.21. The molecular formula is C29H32N2O4S. The third-order valence-electron chi connectivity index (χ3n) is 5.51. The smallest absolute Gasteiger partial charge is 0.304 e. The Hall–Kier alpha value is -3.60. The van der Waals surface area contributed by atoms with Crippen molar-refractivity contribution in [3.05, 3.63) is 95.7 Å². The van der Waals surface area contributed by atoms with Crippen molar-refractivity contribution in [2.75, 3.05) is 13.1 Å². The molecule has 36 heavy (non-hydrogen) atoms. The molecule has 0 aliphatic carbocycles. The van der Waals surface area contributed by atoms with E-state index in [0.717, 1.165) is 35.4 Å². The number of benzene rings is 2. The first-order chi connectivity index (χ1) is 17.5. The number of ether oxygens (including phenoxy) is 1. The summed E-state index contributed by atoms with van der Waals surface area (Å²) in [5, 5.41) is 12.4. The lowest BCUT2D eigenvalue weighted by Crippen LogP contribution is -2.19. The van der Waals surface area contributed by atoms with Crippen LogP contribution in [0.1, 0.15) is 43.2 Å². The van der Waals surface area contributed by atoms with Crippen LogP contribution in [0, 0.1) is 11.8 Å². The Bertz CT molecular complexity index is 1170. The van der Waals surface area contributed by atoms with E-state index in [1.165, 1.54) is 5.57 Å². The maximum atomic E-state index is 12.6. The highest BCUT2D eigenvalue weighted by Gasteiger charge is 2.13. The average Bonchev–Trinajstić information content (AvgIpc) is 3.02. The molecule has 1 aliphatic heterocycles. The predicted octanol–water partition coefficient (Wildman–Crippen LogP) is 4.84. The molecule has 188 valence electrons. The fourth-order valence-corrected chi connectivity index (χ4v) is 4.45. The van der Waals surface area contributed by atoms with E-state index in [2.05, 4.69) is 34.0 Å². The zero-order valence-electron chi connectivity index (χ0n) is 20.4. The number of rotatable bonds is 11. The standard InChI is InChI=1S/C29H32N2O4S/c1-2-7-26(20-29(32)33)25-11-13-27(14-12-25)35-22-24-9-15-28(16-10-24)36(34)31-19-17-23-8-5-3-4-6-18-30-21-23/h3-6,9-16,21,26,30-31H,8,17-20,22H2,1H3,(H,32,33)/b5-3-,6-4-,23-21+. The minimum absolute atomic E-state index is 0.0340. The number of carboxylic acids is 1. The zero-order chi connectivity index (χ0) is 25.6. The Kier molecular flexibility index (Phi) is 11.0. The molecule has 2 aromatic carbocycles. The van der Waals surface area contributed by atoms with Gasteiger partial charge in [-0.1, -0.05) is 54.5 Å². The van der Waals surface area contributed by atoms with Crippen LogP contribution in [0.2, 0.25) is 0 Å². The van der Waals surface area contributed by atoms with Crippen molar-refractivity contribution in [2.24, 2.45) is 0 Å². The zero-order valence-corrected chi connectivity index (χ0v) is 21.2. The molecule has 0 fully saturated rings. The lowest BCUT2D eigenvalue weighted by Gasteiger charge is -2.11. The highest BCUT2D eigenvalue weighted by molar-refractivity contribution is 7.83. The molecule has 3 rings (SSSR count). The van der Waals surface area contributed by atoms with Gasteiger partial charge < -0.3 is 15.2 Å². The molecule has 7 heteroatoms. The van der Waals surface area contributed by atoms with Crippen molar-refractivity contribution in [3.63, 3.8) is 0 Å². The monoisotopic (exact) mass is 504 g/mol. The van der Waals surface area contributed by atoms with Gasteiger partial charge in [0.15, 0.2) is 0 Å². The topological polar surface area (TPSA) is 87.7 Å². The van der Waals surface area contributed by atoms with Gasteiger partial charge in [0.25, 0.3) is 0 Å². The van der Waals surface area contributed by atoms with E-state index >= 15 is 0 Å². The largest absolute Gasteiger partial charge is 0.489 e. The third kappa shape index (κ3) is 9.21. The minimum atomic E-state index is -1.28. The van der Waals surface area contributed by atoms with Crippen LogP contribution >= 0.6 is 0 Å². The molecular weight excluding hydrogens is 472 g/mol. The summed E-state index contributed by atoms with van der Waals surface area (Å²) in [6.07, 6.45) is 12.0. The van der Waals surface area contributed by atoms with Crippen LogP contribution in [0.5, 0.6) is 5.75 Å². The number of carboxylic acid groups (broad SMARTS) is 1. The molecule has 0 bridgehead atoms. The van der Waals surface area contributed by atoms with Gasteiger partial charge in [-0.15, -0.1) is 5.92 Å². The predicted molar refractivity (Wildman–Crippen MR) is 144 cm³/mol. The first-order valence-electron chi connectivity index (χ1n) is 11.9. The van der Waals surface area contributed by atoms with E-state index in [9.17, 15) is 9.00 Å². The maximum absolute atomic E-state index is 12.6. The first-order valence-corrected chi connectivity index (χ1v) is 13.0. The van der Waals surface area contributed by atoms with Crippen LogP contribution in [0.25, 0.3) is 0 Å². The average molecular weight is 505 g/mol. The van der Waals surface area contributed by atoms with Crippen LogP contribution in [0.3, 0.4) is 0 Å². The molecule has 0 saturated heterocycles. The van der Waals surface area contributed by atoms with Crippen molar-refractivity contribution < 1.29 is 18.8 Å². The van der Waals surface area contributed by atoms with Gasteiger partial charge >= 0.3 is 5.97 Å². The van der Waals surface area contributed by atoms with Crippen molar-refractivity contribution in [1.82, 2.24) is 10.0 Å². The van der Waals surface area contributed by atoms with Gasteiger partial charge in [0.2, 0.25) is 0 Å². The van der Waals surface area contributed by atoms with Crippen LogP contribution in [-0.4, -0.2) is 28.4 Å². The minimum Gasteiger partial charge on any atom is -0.489 e. The van der Waals surface area contributed by atoms with Crippen LogP contribution in [-0.2, 0) is 22.4 Å². The maximum Gasteiger partial charge on any atom is 0.304 e. The highest BCUT2D eigenvalue weighted by atomic mass is 32.2. The lowest BCUT2D eigenvalue weighted by atomic mass is 9.96. The molecule has 2 atom stereocenters. The van der Waals surface area contributed by atoms with E-state index in [0.29, 0.717) is 18.9 Å². The number of carbonyl (C=O) groups is 1. The number of allylic oxidation sites excluding steroid dienone is 3. The van der Waals surface area contributed by atoms with Crippen molar-refractivity contribution in [1.29, 1.82) is 0 Å². The van der Waals surface area contributed by atoms with Crippen molar-refractivity contribution in [3.8, 4) is 17.6 Å². The Morgan fingerprint density at radius 3 is 2.61 bits per heavy atom. The Balaban J connectivity index is 1.46. The Morgan fingerprint density at radius 2 is 1.89 bits per heavy atom. The summed E-state index contributed by atoms with van der Waals surface area (Å²) in [5.41, 5.74) is 3.07. The highest BCUT2D eigenvalue weighted by Crippen LogP contribution is 2.23. The molecule has 2 aromatic rings. The number of aliphatic carboxylic acids is 1. The Labute approximate surface area is 215 Å². The number of hydrogen-bond acceptors (Lipinski definition) is 4. The van der Waals surface area contributed by atoms with Crippen LogP contribution in [0.4, 0.5) is 0 Å². The number of hydrogen-bond donors (Lipinski definition) is 3. The third-order valence-corrected chi connectivity index (χ3v) is 6.67. The van der Waals surface area contributed by atoms with Gasteiger partial charge in [-0.2, -0.15) is 0 Å². The summed E-state index contributed by atoms with van der Waals surface area (Å²) in [6.45, 7) is 3.50. The summed E-state index contributed by atoms with van der Waals surface area (Å²) < 4.78 is 21.6. The van der Waals surface area contributed by atoms with Gasteiger partial charge in [-0.25, -0.2) is 8.93 Å². The molecule has 0 aromatic heterocycles. The van der Waals surface area contributed by atoms with Crippen molar-refractivity contribution >= 4 is 17.0 Å². The second-order valence-corrected chi connectivity index (χ2v) is 9.53. The second kappa shape index (κ2) is 14.7.